The molecule has 1 nitrogen and oxygen atoms in total. The van der Waals surface area contributed by atoms with Gasteiger partial charge in [0.15, 0.2) is 0 Å². The van der Waals surface area contributed by atoms with E-state index in [1.165, 1.54) is 5.56 Å². The average molecular weight is 264 g/mol. The van der Waals surface area contributed by atoms with Crippen LogP contribution < -0.4 is 5.32 Å². The molecule has 0 aliphatic carbocycles. The molecule has 0 fully saturated rings. The number of halogens is 1. The van der Waals surface area contributed by atoms with Crippen LogP contribution in [0.2, 0.25) is 5.02 Å². The van der Waals surface area contributed by atoms with Gasteiger partial charge in [-0.05, 0) is 49.9 Å². The van der Waals surface area contributed by atoms with E-state index in [2.05, 4.69) is 30.3 Å². The summed E-state index contributed by atoms with van der Waals surface area (Å²) < 4.78 is 0. The van der Waals surface area contributed by atoms with Gasteiger partial charge in [-0.25, -0.2) is 0 Å². The molecule has 1 N–H and O–H groups in total. The molecule has 0 aliphatic rings. The summed E-state index contributed by atoms with van der Waals surface area (Å²) in [6, 6.07) is 6.65. The third-order valence-corrected chi connectivity index (χ3v) is 3.46. The Hall–Kier alpha value is -0.970. The Morgan fingerprint density at radius 2 is 2.22 bits per heavy atom. The van der Waals surface area contributed by atoms with Crippen molar-refractivity contribution in [1.29, 1.82) is 0 Å². The van der Waals surface area contributed by atoms with Crippen LogP contribution in [0, 0.1) is 19.3 Å². The minimum Gasteiger partial charge on any atom is -0.310 e. The topological polar surface area (TPSA) is 12.0 Å². The molecule has 0 bridgehead atoms. The molecular weight excluding hydrogens is 242 g/mol. The van der Waals surface area contributed by atoms with Crippen molar-refractivity contribution in [2.45, 2.75) is 45.6 Å². The summed E-state index contributed by atoms with van der Waals surface area (Å²) in [7, 11) is 0. The van der Waals surface area contributed by atoms with E-state index in [1.54, 1.807) is 0 Å². The highest BCUT2D eigenvalue weighted by Gasteiger charge is 2.11. The van der Waals surface area contributed by atoms with Gasteiger partial charge in [0, 0.05) is 17.5 Å². The Morgan fingerprint density at radius 3 is 2.83 bits per heavy atom. The molecule has 18 heavy (non-hydrogen) atoms. The zero-order valence-corrected chi connectivity index (χ0v) is 12.1. The molecule has 0 amide bonds. The molecule has 0 spiro atoms. The Bertz CT molecular complexity index is 406. The molecule has 2 heteroatoms. The lowest BCUT2D eigenvalue weighted by molar-refractivity contribution is 0.487. The van der Waals surface area contributed by atoms with Crippen molar-refractivity contribution in [3.05, 3.63) is 34.3 Å². The SMILES string of the molecule is C#CCCCC(NCCC)c1ccc(Cl)c(C)c1. The predicted octanol–water partition coefficient (Wildman–Crippen LogP) is 4.49. The summed E-state index contributed by atoms with van der Waals surface area (Å²) in [4.78, 5) is 0. The number of terminal acetylenes is 1. The number of unbranched alkanes of at least 4 members (excludes halogenated alkanes) is 1. The monoisotopic (exact) mass is 263 g/mol. The van der Waals surface area contributed by atoms with E-state index in [0.717, 1.165) is 42.8 Å². The van der Waals surface area contributed by atoms with Crippen LogP contribution in [0.15, 0.2) is 18.2 Å². The normalized spacial score (nSPS) is 12.1. The van der Waals surface area contributed by atoms with Gasteiger partial charge in [-0.3, -0.25) is 0 Å². The van der Waals surface area contributed by atoms with Crippen LogP contribution in [-0.2, 0) is 0 Å². The summed E-state index contributed by atoms with van der Waals surface area (Å²) in [5, 5.41) is 4.41. The molecule has 1 aromatic rings. The van der Waals surface area contributed by atoms with Gasteiger partial charge >= 0.3 is 0 Å². The summed E-state index contributed by atoms with van der Waals surface area (Å²) in [5.74, 6) is 2.70. The van der Waals surface area contributed by atoms with Crippen molar-refractivity contribution in [2.75, 3.05) is 6.54 Å². The van der Waals surface area contributed by atoms with Crippen molar-refractivity contribution in [3.63, 3.8) is 0 Å². The zero-order valence-electron chi connectivity index (χ0n) is 11.3. The van der Waals surface area contributed by atoms with E-state index in [-0.39, 0.29) is 0 Å². The Kier molecular flexibility index (Phi) is 6.86. The minimum atomic E-state index is 0.384. The smallest absolute Gasteiger partial charge is 0.0435 e. The number of aryl methyl sites for hydroxylation is 1. The van der Waals surface area contributed by atoms with E-state index < -0.39 is 0 Å². The lowest BCUT2D eigenvalue weighted by Gasteiger charge is -2.19. The quantitative estimate of drug-likeness (QED) is 0.564. The number of hydrogen-bond acceptors (Lipinski definition) is 1. The molecule has 0 heterocycles. The second kappa shape index (κ2) is 8.19. The van der Waals surface area contributed by atoms with Crippen LogP contribution in [0.5, 0.6) is 0 Å². The lowest BCUT2D eigenvalue weighted by atomic mass is 9.99. The highest BCUT2D eigenvalue weighted by atomic mass is 35.5. The Morgan fingerprint density at radius 1 is 1.44 bits per heavy atom. The van der Waals surface area contributed by atoms with Gasteiger partial charge in [-0.1, -0.05) is 30.7 Å². The number of hydrogen-bond donors (Lipinski definition) is 1. The van der Waals surface area contributed by atoms with Crippen LogP contribution in [0.1, 0.15) is 49.8 Å². The second-order valence-electron chi connectivity index (χ2n) is 4.61. The highest BCUT2D eigenvalue weighted by molar-refractivity contribution is 6.31. The first kappa shape index (κ1) is 15.1. The van der Waals surface area contributed by atoms with Crippen molar-refractivity contribution in [1.82, 2.24) is 5.32 Å². The zero-order chi connectivity index (χ0) is 13.4. The second-order valence-corrected chi connectivity index (χ2v) is 5.02. The third kappa shape index (κ3) is 4.72. The molecule has 1 atom stereocenters. The van der Waals surface area contributed by atoms with E-state index >= 15 is 0 Å². The van der Waals surface area contributed by atoms with Crippen molar-refractivity contribution >= 4 is 11.6 Å². The predicted molar refractivity (Wildman–Crippen MR) is 79.9 cm³/mol. The summed E-state index contributed by atoms with van der Waals surface area (Å²) in [6.07, 6.45) is 9.42. The molecule has 0 aliphatic heterocycles. The summed E-state index contributed by atoms with van der Waals surface area (Å²) in [5.41, 5.74) is 2.44. The van der Waals surface area contributed by atoms with Crippen LogP contribution >= 0.6 is 11.6 Å². The first-order valence-electron chi connectivity index (χ1n) is 6.62. The number of nitrogens with one attached hydrogen (secondary N) is 1. The van der Waals surface area contributed by atoms with E-state index in [0.29, 0.717) is 6.04 Å². The van der Waals surface area contributed by atoms with Gasteiger partial charge in [-0.15, -0.1) is 12.3 Å². The van der Waals surface area contributed by atoms with Crippen molar-refractivity contribution < 1.29 is 0 Å². The molecule has 0 aromatic heterocycles. The minimum absolute atomic E-state index is 0.384. The number of rotatable bonds is 7. The highest BCUT2D eigenvalue weighted by Crippen LogP contribution is 2.24. The summed E-state index contributed by atoms with van der Waals surface area (Å²) in [6.45, 7) is 5.26. The van der Waals surface area contributed by atoms with E-state index in [1.807, 2.05) is 13.0 Å². The fourth-order valence-corrected chi connectivity index (χ4v) is 2.12. The lowest BCUT2D eigenvalue weighted by Crippen LogP contribution is -2.22. The van der Waals surface area contributed by atoms with Gasteiger partial charge in [0.2, 0.25) is 0 Å². The van der Waals surface area contributed by atoms with Crippen LogP contribution in [-0.4, -0.2) is 6.54 Å². The van der Waals surface area contributed by atoms with Crippen LogP contribution in [0.25, 0.3) is 0 Å². The Balaban J connectivity index is 2.73. The maximum atomic E-state index is 6.07. The van der Waals surface area contributed by atoms with Crippen LogP contribution in [0.4, 0.5) is 0 Å². The molecule has 1 unspecified atom stereocenters. The van der Waals surface area contributed by atoms with Crippen LogP contribution in [0.3, 0.4) is 0 Å². The van der Waals surface area contributed by atoms with Crippen molar-refractivity contribution in [2.24, 2.45) is 0 Å². The maximum Gasteiger partial charge on any atom is 0.0435 e. The molecular formula is C16H22ClN. The molecule has 0 radical (unpaired) electrons. The van der Waals surface area contributed by atoms with Gasteiger partial charge < -0.3 is 5.32 Å². The Labute approximate surface area is 116 Å². The third-order valence-electron chi connectivity index (χ3n) is 3.04. The summed E-state index contributed by atoms with van der Waals surface area (Å²) >= 11 is 6.07. The van der Waals surface area contributed by atoms with Gasteiger partial charge in [0.25, 0.3) is 0 Å². The largest absolute Gasteiger partial charge is 0.310 e. The standard InChI is InChI=1S/C16H22ClN/c1-4-6-7-8-16(18-11-5-2)14-9-10-15(17)13(3)12-14/h1,9-10,12,16,18H,5-8,11H2,2-3H3. The van der Waals surface area contributed by atoms with Gasteiger partial charge in [0.1, 0.15) is 0 Å². The average Bonchev–Trinajstić information content (AvgIpc) is 2.37. The maximum absolute atomic E-state index is 6.07. The molecule has 1 aromatic carbocycles. The molecule has 98 valence electrons. The first-order valence-corrected chi connectivity index (χ1v) is 6.99. The van der Waals surface area contributed by atoms with Gasteiger partial charge in [-0.2, -0.15) is 0 Å². The molecule has 1 rings (SSSR count). The first-order chi connectivity index (χ1) is 8.69. The number of benzene rings is 1. The fraction of sp³-hybridized carbons (Fsp3) is 0.500. The fourth-order valence-electron chi connectivity index (χ4n) is 2.00. The van der Waals surface area contributed by atoms with E-state index in [9.17, 15) is 0 Å². The molecule has 0 saturated heterocycles. The van der Waals surface area contributed by atoms with Gasteiger partial charge in [0.05, 0.1) is 0 Å². The molecule has 0 saturated carbocycles. The van der Waals surface area contributed by atoms with E-state index in [4.69, 9.17) is 18.0 Å². The van der Waals surface area contributed by atoms with Crippen molar-refractivity contribution in [3.8, 4) is 12.3 Å².